The number of hydrogen-bond donors (Lipinski definition) is 1. The molecule has 0 fully saturated rings. The van der Waals surface area contributed by atoms with Crippen LogP contribution in [0, 0.1) is 0 Å². The predicted molar refractivity (Wildman–Crippen MR) is 71.8 cm³/mol. The van der Waals surface area contributed by atoms with E-state index in [2.05, 4.69) is 48.6 Å². The van der Waals surface area contributed by atoms with Crippen LogP contribution in [0.2, 0.25) is 0 Å². The second-order valence-electron chi connectivity index (χ2n) is 4.69. The zero-order valence-corrected chi connectivity index (χ0v) is 11.4. The Hall–Kier alpha value is -1.09. The number of carbonyl (C=O) groups is 1. The highest BCUT2D eigenvalue weighted by Gasteiger charge is 2.13. The Morgan fingerprint density at radius 2 is 1.75 bits per heavy atom. The minimum absolute atomic E-state index is 0.127. The normalized spacial score (nSPS) is 11.0. The summed E-state index contributed by atoms with van der Waals surface area (Å²) in [6.07, 6.45) is 0. The van der Waals surface area contributed by atoms with Crippen molar-refractivity contribution < 1.29 is 4.79 Å². The number of amides is 1. The summed E-state index contributed by atoms with van der Waals surface area (Å²) in [5.74, 6) is -0.219. The van der Waals surface area contributed by atoms with Crippen LogP contribution in [-0.4, -0.2) is 5.91 Å². The number of rotatable bonds is 2. The molecule has 0 unspecified atom stereocenters. The van der Waals surface area contributed by atoms with E-state index in [0.29, 0.717) is 4.48 Å². The molecule has 0 saturated heterocycles. The van der Waals surface area contributed by atoms with Gasteiger partial charge in [0, 0.05) is 5.69 Å². The van der Waals surface area contributed by atoms with Crippen molar-refractivity contribution in [2.45, 2.75) is 26.2 Å². The summed E-state index contributed by atoms with van der Waals surface area (Å²) in [6.45, 7) is 9.97. The van der Waals surface area contributed by atoms with Gasteiger partial charge in [0.1, 0.15) is 0 Å². The van der Waals surface area contributed by atoms with Crippen LogP contribution in [0.5, 0.6) is 0 Å². The Balaban J connectivity index is 2.80. The van der Waals surface area contributed by atoms with Crippen LogP contribution in [-0.2, 0) is 10.2 Å². The van der Waals surface area contributed by atoms with Gasteiger partial charge >= 0.3 is 0 Å². The number of hydrogen-bond acceptors (Lipinski definition) is 1. The standard InChI is InChI=1S/C13H16BrNO/c1-9(14)12(16)15-11-7-5-10(6-8-11)13(2,3)4/h5-8H,1H2,2-4H3,(H,15,16). The van der Waals surface area contributed by atoms with E-state index >= 15 is 0 Å². The van der Waals surface area contributed by atoms with Crippen molar-refractivity contribution in [3.8, 4) is 0 Å². The zero-order chi connectivity index (χ0) is 12.3. The molecule has 0 aromatic heterocycles. The zero-order valence-electron chi connectivity index (χ0n) is 9.80. The maximum Gasteiger partial charge on any atom is 0.262 e. The van der Waals surface area contributed by atoms with Crippen LogP contribution in [0.1, 0.15) is 26.3 Å². The molecule has 1 rings (SSSR count). The number of benzene rings is 1. The largest absolute Gasteiger partial charge is 0.322 e. The average Bonchev–Trinajstić information content (AvgIpc) is 2.17. The Labute approximate surface area is 105 Å². The lowest BCUT2D eigenvalue weighted by Gasteiger charge is -2.19. The highest BCUT2D eigenvalue weighted by atomic mass is 79.9. The Morgan fingerprint density at radius 1 is 1.25 bits per heavy atom. The lowest BCUT2D eigenvalue weighted by Crippen LogP contribution is -2.13. The minimum atomic E-state index is -0.219. The van der Waals surface area contributed by atoms with Crippen LogP contribution >= 0.6 is 15.9 Å². The van der Waals surface area contributed by atoms with Gasteiger partial charge in [-0.25, -0.2) is 0 Å². The van der Waals surface area contributed by atoms with E-state index in [-0.39, 0.29) is 11.3 Å². The van der Waals surface area contributed by atoms with Gasteiger partial charge in [0.05, 0.1) is 4.48 Å². The molecule has 2 nitrogen and oxygen atoms in total. The van der Waals surface area contributed by atoms with E-state index in [4.69, 9.17) is 0 Å². The molecule has 0 radical (unpaired) electrons. The lowest BCUT2D eigenvalue weighted by atomic mass is 9.87. The van der Waals surface area contributed by atoms with Crippen molar-refractivity contribution in [1.82, 2.24) is 0 Å². The van der Waals surface area contributed by atoms with Crippen molar-refractivity contribution in [3.63, 3.8) is 0 Å². The van der Waals surface area contributed by atoms with Gasteiger partial charge < -0.3 is 5.32 Å². The smallest absolute Gasteiger partial charge is 0.262 e. The van der Waals surface area contributed by atoms with Gasteiger partial charge in [-0.15, -0.1) is 0 Å². The number of anilines is 1. The highest BCUT2D eigenvalue weighted by Crippen LogP contribution is 2.23. The van der Waals surface area contributed by atoms with Crippen LogP contribution in [0.25, 0.3) is 0 Å². The molecule has 0 aliphatic heterocycles. The second-order valence-corrected chi connectivity index (χ2v) is 5.64. The first kappa shape index (κ1) is 13.0. The fourth-order valence-corrected chi connectivity index (χ4v) is 1.35. The SMILES string of the molecule is C=C(Br)C(=O)Nc1ccc(C(C)(C)C)cc1. The molecule has 86 valence electrons. The van der Waals surface area contributed by atoms with E-state index in [1.807, 2.05) is 24.3 Å². The summed E-state index contributed by atoms with van der Waals surface area (Å²) in [5, 5.41) is 2.73. The fourth-order valence-electron chi connectivity index (χ4n) is 1.25. The summed E-state index contributed by atoms with van der Waals surface area (Å²) in [5.41, 5.74) is 2.14. The Morgan fingerprint density at radius 3 is 2.12 bits per heavy atom. The molecule has 0 heterocycles. The molecule has 0 spiro atoms. The molecule has 1 N–H and O–H groups in total. The van der Waals surface area contributed by atoms with Crippen molar-refractivity contribution in [1.29, 1.82) is 0 Å². The van der Waals surface area contributed by atoms with Gasteiger partial charge in [-0.1, -0.05) is 39.5 Å². The van der Waals surface area contributed by atoms with Gasteiger partial charge in [-0.3, -0.25) is 4.79 Å². The quantitative estimate of drug-likeness (QED) is 0.821. The third-order valence-electron chi connectivity index (χ3n) is 2.26. The van der Waals surface area contributed by atoms with E-state index in [9.17, 15) is 4.79 Å². The summed E-state index contributed by atoms with van der Waals surface area (Å²) in [6, 6.07) is 7.84. The average molecular weight is 282 g/mol. The first-order chi connectivity index (χ1) is 7.30. The lowest BCUT2D eigenvalue weighted by molar-refractivity contribution is -0.112. The molecule has 3 heteroatoms. The third kappa shape index (κ3) is 3.49. The highest BCUT2D eigenvalue weighted by molar-refractivity contribution is 9.12. The van der Waals surface area contributed by atoms with Gasteiger partial charge in [0.25, 0.3) is 5.91 Å². The molecule has 16 heavy (non-hydrogen) atoms. The molecule has 0 saturated carbocycles. The molecular formula is C13H16BrNO. The number of carbonyl (C=O) groups excluding carboxylic acids is 1. The molecular weight excluding hydrogens is 266 g/mol. The molecule has 1 amide bonds. The topological polar surface area (TPSA) is 29.1 Å². The van der Waals surface area contributed by atoms with Crippen LogP contribution in [0.15, 0.2) is 35.3 Å². The van der Waals surface area contributed by atoms with Crippen molar-refractivity contribution in [2.24, 2.45) is 0 Å². The van der Waals surface area contributed by atoms with Crippen molar-refractivity contribution in [2.75, 3.05) is 5.32 Å². The summed E-state index contributed by atoms with van der Waals surface area (Å²) >= 11 is 3.04. The van der Waals surface area contributed by atoms with Crippen molar-refractivity contribution in [3.05, 3.63) is 40.9 Å². The van der Waals surface area contributed by atoms with E-state index in [1.54, 1.807) is 0 Å². The van der Waals surface area contributed by atoms with Crippen LogP contribution < -0.4 is 5.32 Å². The van der Waals surface area contributed by atoms with Crippen LogP contribution in [0.4, 0.5) is 5.69 Å². The number of halogens is 1. The molecule has 1 aromatic rings. The molecule has 1 aromatic carbocycles. The first-order valence-corrected chi connectivity index (χ1v) is 5.86. The maximum atomic E-state index is 11.3. The third-order valence-corrected chi connectivity index (χ3v) is 2.62. The molecule has 0 aliphatic carbocycles. The summed E-state index contributed by atoms with van der Waals surface area (Å²) in [4.78, 5) is 11.3. The Kier molecular flexibility index (Phi) is 3.92. The Bertz CT molecular complexity index is 401. The van der Waals surface area contributed by atoms with Gasteiger partial charge in [0.2, 0.25) is 0 Å². The fraction of sp³-hybridized carbons (Fsp3) is 0.308. The molecule has 0 aliphatic rings. The second kappa shape index (κ2) is 4.83. The van der Waals surface area contributed by atoms with E-state index in [0.717, 1.165) is 5.69 Å². The summed E-state index contributed by atoms with van der Waals surface area (Å²) in [7, 11) is 0. The van der Waals surface area contributed by atoms with Gasteiger partial charge in [-0.05, 0) is 39.0 Å². The number of nitrogens with one attached hydrogen (secondary N) is 1. The maximum absolute atomic E-state index is 11.3. The van der Waals surface area contributed by atoms with Crippen molar-refractivity contribution >= 4 is 27.5 Å². The van der Waals surface area contributed by atoms with E-state index in [1.165, 1.54) is 5.56 Å². The molecule has 0 atom stereocenters. The van der Waals surface area contributed by atoms with E-state index < -0.39 is 0 Å². The predicted octanol–water partition coefficient (Wildman–Crippen LogP) is 3.83. The van der Waals surface area contributed by atoms with Crippen LogP contribution in [0.3, 0.4) is 0 Å². The van der Waals surface area contributed by atoms with Gasteiger partial charge in [-0.2, -0.15) is 0 Å². The first-order valence-electron chi connectivity index (χ1n) is 5.07. The molecule has 0 bridgehead atoms. The summed E-state index contributed by atoms with van der Waals surface area (Å²) < 4.78 is 0.326. The van der Waals surface area contributed by atoms with Gasteiger partial charge in [0.15, 0.2) is 0 Å². The minimum Gasteiger partial charge on any atom is -0.322 e. The monoisotopic (exact) mass is 281 g/mol.